The molecule has 1 aromatic carbocycles. The fraction of sp³-hybridized carbons (Fsp3) is 0.250. The number of para-hydroxylation sites is 1. The van der Waals surface area contributed by atoms with E-state index >= 15 is 0 Å². The molecule has 3 N–H and O–H groups in total. The van der Waals surface area contributed by atoms with Crippen molar-refractivity contribution in [3.05, 3.63) is 72.2 Å². The second-order valence-corrected chi connectivity index (χ2v) is 7.90. The van der Waals surface area contributed by atoms with Gasteiger partial charge in [-0.3, -0.25) is 9.69 Å². The predicted octanol–water partition coefficient (Wildman–Crippen LogP) is 0.786. The Balaban J connectivity index is 0.000000384. The molecule has 1 saturated heterocycles. The van der Waals surface area contributed by atoms with E-state index in [1.807, 2.05) is 59.3 Å². The van der Waals surface area contributed by atoms with Crippen molar-refractivity contribution >= 4 is 34.2 Å². The maximum absolute atomic E-state index is 13.1. The number of H-pyrrole nitrogens is 2. The number of aliphatic carboxylic acids is 1. The molecular formula is C24H23F3N5O4+. The van der Waals surface area contributed by atoms with E-state index in [9.17, 15) is 18.0 Å². The van der Waals surface area contributed by atoms with Crippen LogP contribution >= 0.6 is 0 Å². The van der Waals surface area contributed by atoms with E-state index in [4.69, 9.17) is 14.6 Å². The van der Waals surface area contributed by atoms with Crippen LogP contribution < -0.4 is 24.7 Å². The lowest BCUT2D eigenvalue weighted by atomic mass is 10.1. The lowest BCUT2D eigenvalue weighted by Crippen LogP contribution is -2.41. The van der Waals surface area contributed by atoms with Gasteiger partial charge in [-0.2, -0.15) is 13.2 Å². The Bertz CT molecular complexity index is 1380. The van der Waals surface area contributed by atoms with E-state index in [0.717, 1.165) is 41.0 Å². The van der Waals surface area contributed by atoms with E-state index in [-0.39, 0.29) is 5.91 Å². The smallest absolute Gasteiger partial charge is 0.430 e. The first kappa shape index (κ1) is 24.9. The van der Waals surface area contributed by atoms with Crippen LogP contribution in [0.15, 0.2) is 60.9 Å². The summed E-state index contributed by atoms with van der Waals surface area (Å²) in [5.74, 6) is -2.22. The van der Waals surface area contributed by atoms with Gasteiger partial charge in [-0.05, 0) is 23.8 Å². The van der Waals surface area contributed by atoms with Crippen LogP contribution in [0.3, 0.4) is 0 Å². The summed E-state index contributed by atoms with van der Waals surface area (Å²) in [6, 6.07) is 16.0. The maximum atomic E-state index is 13.1. The fourth-order valence-electron chi connectivity index (χ4n) is 3.88. The van der Waals surface area contributed by atoms with Gasteiger partial charge in [0.05, 0.1) is 37.9 Å². The number of nitrogens with one attached hydrogen (secondary N) is 3. The summed E-state index contributed by atoms with van der Waals surface area (Å²) in [7, 11) is 0. The second-order valence-electron chi connectivity index (χ2n) is 7.90. The molecule has 0 bridgehead atoms. The minimum absolute atomic E-state index is 0.120. The third kappa shape index (κ3) is 5.54. The highest BCUT2D eigenvalue weighted by Crippen LogP contribution is 2.17. The van der Waals surface area contributed by atoms with E-state index in [1.54, 1.807) is 0 Å². The Morgan fingerprint density at radius 2 is 1.81 bits per heavy atom. The standard InChI is InChI=1S/C22H21N5O2.C2HF3O2/c28-21(24-15-16-8-9-23-18-6-2-1-5-17(16)18)20-19-7-3-4-10-27(19)22(25-20)26-11-13-29-14-12-26;3-2(4,5)1(6)7/h1-10H,11-15H2,(H,24,28);(H,6,7)/p+1. The Kier molecular flexibility index (Phi) is 7.34. The van der Waals surface area contributed by atoms with Crippen LogP contribution in [0.1, 0.15) is 16.1 Å². The third-order valence-electron chi connectivity index (χ3n) is 5.59. The van der Waals surface area contributed by atoms with Crippen LogP contribution in [0, 0.1) is 0 Å². The molecule has 3 aromatic heterocycles. The summed E-state index contributed by atoms with van der Waals surface area (Å²) in [5.41, 5.74) is 3.55. The number of carboxylic acids is 1. The van der Waals surface area contributed by atoms with Gasteiger partial charge in [-0.15, -0.1) is 0 Å². The Morgan fingerprint density at radius 1 is 1.11 bits per heavy atom. The zero-order chi connectivity index (χ0) is 25.7. The third-order valence-corrected chi connectivity index (χ3v) is 5.59. The monoisotopic (exact) mass is 502 g/mol. The van der Waals surface area contributed by atoms with Gasteiger partial charge in [0.25, 0.3) is 5.91 Å². The highest BCUT2D eigenvalue weighted by Gasteiger charge is 2.29. The topological polar surface area (TPSA) is 116 Å². The number of ether oxygens (including phenoxy) is 1. The number of carboxylic acid groups (broad SMARTS) is 1. The normalized spacial score (nSPS) is 13.8. The highest BCUT2D eigenvalue weighted by atomic mass is 19.4. The number of aromatic nitrogens is 3. The maximum Gasteiger partial charge on any atom is 0.430 e. The first-order chi connectivity index (χ1) is 17.3. The number of pyridine rings is 2. The molecule has 1 aliphatic heterocycles. The fourth-order valence-corrected chi connectivity index (χ4v) is 3.88. The minimum atomic E-state index is -5.19. The first-order valence-electron chi connectivity index (χ1n) is 11.1. The summed E-state index contributed by atoms with van der Waals surface area (Å²) in [4.78, 5) is 30.6. The molecule has 4 aromatic rings. The Labute approximate surface area is 203 Å². The average Bonchev–Trinajstić information content (AvgIpc) is 3.27. The number of carbonyl (C=O) groups is 2. The van der Waals surface area contributed by atoms with Crippen LogP contribution in [0.2, 0.25) is 0 Å². The van der Waals surface area contributed by atoms with Crippen molar-refractivity contribution in [2.75, 3.05) is 31.2 Å². The summed E-state index contributed by atoms with van der Waals surface area (Å²) in [6.07, 6.45) is -1.31. The zero-order valence-electron chi connectivity index (χ0n) is 19.0. The van der Waals surface area contributed by atoms with Crippen LogP contribution in [0.4, 0.5) is 19.1 Å². The molecule has 5 rings (SSSR count). The quantitative estimate of drug-likeness (QED) is 0.401. The number of amides is 1. The molecule has 12 heteroatoms. The van der Waals surface area contributed by atoms with Crippen LogP contribution in [-0.4, -0.2) is 49.3 Å². The molecule has 0 radical (unpaired) electrons. The van der Waals surface area contributed by atoms with E-state index in [2.05, 4.69) is 26.3 Å². The van der Waals surface area contributed by atoms with Crippen LogP contribution in [0.5, 0.6) is 0 Å². The molecule has 0 unspecified atom stereocenters. The van der Waals surface area contributed by atoms with Gasteiger partial charge in [-0.25, -0.2) is 14.4 Å². The average molecular weight is 502 g/mol. The number of imidazole rings is 1. The van der Waals surface area contributed by atoms with Crippen molar-refractivity contribution in [3.63, 3.8) is 0 Å². The van der Waals surface area contributed by atoms with Crippen molar-refractivity contribution in [2.45, 2.75) is 12.7 Å². The molecule has 0 spiro atoms. The van der Waals surface area contributed by atoms with Crippen molar-refractivity contribution < 1.29 is 42.0 Å². The van der Waals surface area contributed by atoms with Gasteiger partial charge in [0.1, 0.15) is 5.97 Å². The minimum Gasteiger partial charge on any atom is -0.542 e. The molecule has 9 nitrogen and oxygen atoms in total. The van der Waals surface area contributed by atoms with Gasteiger partial charge in [-0.1, -0.05) is 18.2 Å². The van der Waals surface area contributed by atoms with Crippen LogP contribution in [0.25, 0.3) is 16.4 Å². The van der Waals surface area contributed by atoms with E-state index < -0.39 is 12.1 Å². The van der Waals surface area contributed by atoms with Crippen molar-refractivity contribution in [3.8, 4) is 0 Å². The number of benzene rings is 1. The molecular weight excluding hydrogens is 479 g/mol. The number of morpholine rings is 1. The summed E-state index contributed by atoms with van der Waals surface area (Å²) >= 11 is 0. The second kappa shape index (κ2) is 10.6. The lowest BCUT2D eigenvalue weighted by molar-refractivity contribution is -0.497. The molecule has 0 aliphatic carbocycles. The largest absolute Gasteiger partial charge is 0.542 e. The van der Waals surface area contributed by atoms with E-state index in [0.29, 0.717) is 25.5 Å². The number of nitrogens with zero attached hydrogens (tertiary/aromatic N) is 2. The van der Waals surface area contributed by atoms with Gasteiger partial charge in [0.2, 0.25) is 11.2 Å². The highest BCUT2D eigenvalue weighted by molar-refractivity contribution is 5.98. The number of rotatable bonds is 4. The number of fused-ring (bicyclic) bond motifs is 2. The van der Waals surface area contributed by atoms with Gasteiger partial charge < -0.3 is 20.0 Å². The number of anilines is 1. The predicted molar refractivity (Wildman–Crippen MR) is 120 cm³/mol. The molecule has 4 heterocycles. The number of halogens is 3. The zero-order valence-corrected chi connectivity index (χ0v) is 19.0. The van der Waals surface area contributed by atoms with Gasteiger partial charge in [0, 0.05) is 18.7 Å². The number of hydrogen-bond acceptors (Lipinski definition) is 5. The SMILES string of the molecule is O=C(NCc1cc[nH+]c2ccccc12)c1[nH]c(N2CCOCC2)[n+]2ccccc12.O=C([O-])C(F)(F)F. The van der Waals surface area contributed by atoms with Gasteiger partial charge >= 0.3 is 12.1 Å². The molecule has 1 amide bonds. The number of alkyl halides is 3. The Morgan fingerprint density at radius 3 is 2.53 bits per heavy atom. The Hall–Kier alpha value is -4.19. The number of hydrogen-bond donors (Lipinski definition) is 2. The molecule has 36 heavy (non-hydrogen) atoms. The van der Waals surface area contributed by atoms with Gasteiger partial charge in [0.15, 0.2) is 11.7 Å². The van der Waals surface area contributed by atoms with Crippen molar-refractivity contribution in [2.24, 2.45) is 0 Å². The molecule has 0 atom stereocenters. The summed E-state index contributed by atoms with van der Waals surface area (Å²) in [6.45, 7) is 3.43. The van der Waals surface area contributed by atoms with E-state index in [1.165, 1.54) is 0 Å². The molecule has 1 aliphatic rings. The summed E-state index contributed by atoms with van der Waals surface area (Å²) in [5, 5.41) is 13.0. The summed E-state index contributed by atoms with van der Waals surface area (Å²) < 4.78 is 39.0. The van der Waals surface area contributed by atoms with Crippen LogP contribution in [-0.2, 0) is 16.1 Å². The molecule has 1 fully saturated rings. The molecule has 188 valence electrons. The first-order valence-corrected chi connectivity index (χ1v) is 11.1. The van der Waals surface area contributed by atoms with Crippen molar-refractivity contribution in [1.29, 1.82) is 0 Å². The van der Waals surface area contributed by atoms with Crippen molar-refractivity contribution in [1.82, 2.24) is 10.3 Å². The number of carbonyl (C=O) groups excluding carboxylic acids is 2. The molecule has 0 saturated carbocycles. The number of aromatic amines is 2. The lowest BCUT2D eigenvalue weighted by Gasteiger charge is -2.21.